The molecule has 1 aromatic heterocycles. The molecular formula is C13H20N4O3S. The molecule has 2 saturated heterocycles. The summed E-state index contributed by atoms with van der Waals surface area (Å²) < 4.78 is 28.3. The highest BCUT2D eigenvalue weighted by Crippen LogP contribution is 2.26. The van der Waals surface area contributed by atoms with Crippen molar-refractivity contribution in [3.63, 3.8) is 0 Å². The molecule has 0 radical (unpaired) electrons. The lowest BCUT2D eigenvalue weighted by Crippen LogP contribution is -2.40. The summed E-state index contributed by atoms with van der Waals surface area (Å²) >= 11 is 0. The molecule has 2 fully saturated rings. The van der Waals surface area contributed by atoms with Crippen LogP contribution in [0.4, 0.5) is 17.2 Å². The molecule has 8 heteroatoms. The second-order valence-corrected chi connectivity index (χ2v) is 7.65. The highest BCUT2D eigenvalue weighted by Gasteiger charge is 2.23. The molecule has 116 valence electrons. The molecule has 0 unspecified atom stereocenters. The van der Waals surface area contributed by atoms with E-state index < -0.39 is 9.84 Å². The van der Waals surface area contributed by atoms with Gasteiger partial charge in [0.15, 0.2) is 15.7 Å². The normalized spacial score (nSPS) is 22.3. The number of aromatic nitrogens is 1. The van der Waals surface area contributed by atoms with Crippen molar-refractivity contribution < 1.29 is 13.2 Å². The molecule has 0 aliphatic carbocycles. The fourth-order valence-electron chi connectivity index (χ4n) is 2.65. The van der Waals surface area contributed by atoms with Crippen LogP contribution in [0, 0.1) is 0 Å². The third-order valence-corrected chi connectivity index (χ3v) is 5.51. The first-order valence-electron chi connectivity index (χ1n) is 7.09. The number of ether oxygens (including phenoxy) is 1. The maximum Gasteiger partial charge on any atom is 0.153 e. The Labute approximate surface area is 124 Å². The van der Waals surface area contributed by atoms with E-state index in [1.807, 2.05) is 11.0 Å². The van der Waals surface area contributed by atoms with E-state index in [0.29, 0.717) is 32.0 Å². The summed E-state index contributed by atoms with van der Waals surface area (Å²) in [5.41, 5.74) is 7.64. The summed E-state index contributed by atoms with van der Waals surface area (Å²) in [7, 11) is -2.87. The lowest BCUT2D eigenvalue weighted by Gasteiger charge is -2.31. The van der Waals surface area contributed by atoms with E-state index in [4.69, 9.17) is 10.5 Å². The number of nitrogens with zero attached hydrogens (tertiary/aromatic N) is 3. The Morgan fingerprint density at radius 3 is 2.38 bits per heavy atom. The largest absolute Gasteiger partial charge is 0.396 e. The van der Waals surface area contributed by atoms with Gasteiger partial charge in [-0.05, 0) is 6.07 Å². The van der Waals surface area contributed by atoms with Crippen molar-refractivity contribution in [2.24, 2.45) is 0 Å². The van der Waals surface area contributed by atoms with Crippen LogP contribution in [0.15, 0.2) is 12.3 Å². The number of nitrogen functional groups attached to an aromatic ring is 1. The molecule has 21 heavy (non-hydrogen) atoms. The third-order valence-electron chi connectivity index (χ3n) is 3.90. The molecule has 2 aliphatic heterocycles. The van der Waals surface area contributed by atoms with Gasteiger partial charge in [-0.25, -0.2) is 13.4 Å². The van der Waals surface area contributed by atoms with Crippen LogP contribution >= 0.6 is 0 Å². The molecule has 7 nitrogen and oxygen atoms in total. The monoisotopic (exact) mass is 312 g/mol. The molecule has 0 spiro atoms. The van der Waals surface area contributed by atoms with Gasteiger partial charge in [0.25, 0.3) is 0 Å². The lowest BCUT2D eigenvalue weighted by atomic mass is 10.3. The highest BCUT2D eigenvalue weighted by atomic mass is 32.2. The molecule has 2 N–H and O–H groups in total. The molecule has 0 aromatic carbocycles. The zero-order valence-corrected chi connectivity index (χ0v) is 12.7. The van der Waals surface area contributed by atoms with Crippen LogP contribution in [0.25, 0.3) is 0 Å². The van der Waals surface area contributed by atoms with E-state index in [2.05, 4.69) is 9.88 Å². The maximum absolute atomic E-state index is 11.5. The van der Waals surface area contributed by atoms with Crippen LogP contribution in [0.2, 0.25) is 0 Å². The Balaban J connectivity index is 1.75. The van der Waals surface area contributed by atoms with E-state index >= 15 is 0 Å². The summed E-state index contributed by atoms with van der Waals surface area (Å²) in [6.45, 7) is 3.96. The van der Waals surface area contributed by atoms with Gasteiger partial charge < -0.3 is 20.3 Å². The van der Waals surface area contributed by atoms with Crippen molar-refractivity contribution >= 4 is 27.0 Å². The maximum atomic E-state index is 11.5. The van der Waals surface area contributed by atoms with Crippen molar-refractivity contribution in [3.05, 3.63) is 12.3 Å². The summed E-state index contributed by atoms with van der Waals surface area (Å²) in [6, 6.07) is 1.88. The van der Waals surface area contributed by atoms with Gasteiger partial charge in [-0.3, -0.25) is 0 Å². The predicted octanol–water partition coefficient (Wildman–Crippen LogP) is -0.265. The van der Waals surface area contributed by atoms with Gasteiger partial charge in [-0.2, -0.15) is 0 Å². The number of hydrogen-bond donors (Lipinski definition) is 1. The number of sulfone groups is 1. The molecule has 0 amide bonds. The van der Waals surface area contributed by atoms with Crippen LogP contribution in [0.5, 0.6) is 0 Å². The topological polar surface area (TPSA) is 88.8 Å². The van der Waals surface area contributed by atoms with Crippen molar-refractivity contribution in [2.75, 3.05) is 66.4 Å². The Morgan fingerprint density at radius 2 is 1.76 bits per heavy atom. The SMILES string of the molecule is Nc1cc(N2CCS(=O)(=O)CC2)cnc1N1CCOCC1. The first kappa shape index (κ1) is 14.4. The molecule has 0 saturated carbocycles. The minimum atomic E-state index is -2.87. The van der Waals surface area contributed by atoms with Gasteiger partial charge >= 0.3 is 0 Å². The zero-order valence-electron chi connectivity index (χ0n) is 11.9. The van der Waals surface area contributed by atoms with Crippen molar-refractivity contribution in [2.45, 2.75) is 0 Å². The van der Waals surface area contributed by atoms with Crippen LogP contribution < -0.4 is 15.5 Å². The summed E-state index contributed by atoms with van der Waals surface area (Å²) in [4.78, 5) is 8.60. The van der Waals surface area contributed by atoms with Gasteiger partial charge in [0, 0.05) is 26.2 Å². The number of hydrogen-bond acceptors (Lipinski definition) is 7. The van der Waals surface area contributed by atoms with E-state index in [-0.39, 0.29) is 11.5 Å². The number of pyridine rings is 1. The molecule has 3 heterocycles. The van der Waals surface area contributed by atoms with Gasteiger partial charge in [0.05, 0.1) is 42.3 Å². The van der Waals surface area contributed by atoms with E-state index in [9.17, 15) is 8.42 Å². The Kier molecular flexibility index (Phi) is 3.90. The van der Waals surface area contributed by atoms with Crippen LogP contribution in [-0.4, -0.2) is 64.3 Å². The fraction of sp³-hybridized carbons (Fsp3) is 0.615. The highest BCUT2D eigenvalue weighted by molar-refractivity contribution is 7.91. The van der Waals surface area contributed by atoms with Crippen LogP contribution in [0.1, 0.15) is 0 Å². The average molecular weight is 312 g/mol. The Morgan fingerprint density at radius 1 is 1.10 bits per heavy atom. The van der Waals surface area contributed by atoms with Gasteiger partial charge in [0.2, 0.25) is 0 Å². The standard InChI is InChI=1S/C13H20N4O3S/c14-12-9-11(16-3-7-21(18,19)8-4-16)10-15-13(12)17-1-5-20-6-2-17/h9-10H,1-8,14H2. The number of nitrogens with two attached hydrogens (primary N) is 1. The summed E-state index contributed by atoms with van der Waals surface area (Å²) in [6.07, 6.45) is 1.78. The Hall–Kier alpha value is -1.54. The second-order valence-electron chi connectivity index (χ2n) is 5.34. The molecule has 2 aliphatic rings. The summed E-state index contributed by atoms with van der Waals surface area (Å²) in [5.74, 6) is 1.17. The van der Waals surface area contributed by atoms with Gasteiger partial charge in [-0.1, -0.05) is 0 Å². The first-order valence-corrected chi connectivity index (χ1v) is 8.91. The number of morpholine rings is 1. The first-order chi connectivity index (χ1) is 10.1. The van der Waals surface area contributed by atoms with Crippen molar-refractivity contribution in [1.82, 2.24) is 4.98 Å². The molecule has 1 aromatic rings. The predicted molar refractivity (Wildman–Crippen MR) is 82.5 cm³/mol. The second kappa shape index (κ2) is 5.69. The molecular weight excluding hydrogens is 292 g/mol. The minimum Gasteiger partial charge on any atom is -0.396 e. The third kappa shape index (κ3) is 3.21. The lowest BCUT2D eigenvalue weighted by molar-refractivity contribution is 0.122. The van der Waals surface area contributed by atoms with Gasteiger partial charge in [0.1, 0.15) is 0 Å². The van der Waals surface area contributed by atoms with E-state index in [1.54, 1.807) is 6.20 Å². The fourth-order valence-corrected chi connectivity index (χ4v) is 3.85. The summed E-state index contributed by atoms with van der Waals surface area (Å²) in [5, 5.41) is 0. The smallest absolute Gasteiger partial charge is 0.153 e. The number of rotatable bonds is 2. The van der Waals surface area contributed by atoms with E-state index in [1.165, 1.54) is 0 Å². The molecule has 3 rings (SSSR count). The van der Waals surface area contributed by atoms with E-state index in [0.717, 1.165) is 24.6 Å². The quantitative estimate of drug-likeness (QED) is 0.804. The molecule has 0 bridgehead atoms. The molecule has 0 atom stereocenters. The number of anilines is 3. The zero-order chi connectivity index (χ0) is 14.9. The Bertz CT molecular complexity index is 600. The van der Waals surface area contributed by atoms with Crippen molar-refractivity contribution in [3.8, 4) is 0 Å². The van der Waals surface area contributed by atoms with Crippen LogP contribution in [-0.2, 0) is 14.6 Å². The minimum absolute atomic E-state index is 0.193. The van der Waals surface area contributed by atoms with Gasteiger partial charge in [-0.15, -0.1) is 0 Å². The van der Waals surface area contributed by atoms with Crippen LogP contribution in [0.3, 0.4) is 0 Å². The average Bonchev–Trinajstić information content (AvgIpc) is 2.48. The van der Waals surface area contributed by atoms with Crippen molar-refractivity contribution in [1.29, 1.82) is 0 Å².